The first-order chi connectivity index (χ1) is 12.6. The average molecular weight is 417 g/mol. The van der Waals surface area contributed by atoms with Crippen molar-refractivity contribution < 1.29 is 19.9 Å². The number of halogens is 2. The van der Waals surface area contributed by atoms with E-state index in [1.54, 1.807) is 6.07 Å². The molecule has 1 aromatic rings. The first kappa shape index (κ1) is 22.5. The molecule has 1 saturated carbocycles. The van der Waals surface area contributed by atoms with Crippen molar-refractivity contribution in [2.75, 3.05) is 13.6 Å². The number of aliphatic carboxylic acids is 1. The molecule has 2 unspecified atom stereocenters. The van der Waals surface area contributed by atoms with E-state index in [0.29, 0.717) is 42.4 Å². The molecule has 1 aliphatic carbocycles. The smallest absolute Gasteiger partial charge is 0.451 e. The summed E-state index contributed by atoms with van der Waals surface area (Å²) in [5, 5.41) is 28.9. The van der Waals surface area contributed by atoms with Crippen molar-refractivity contribution in [1.29, 1.82) is 0 Å². The van der Waals surface area contributed by atoms with E-state index in [4.69, 9.17) is 39.0 Å². The molecule has 6 nitrogen and oxygen atoms in total. The Kier molecular flexibility index (Phi) is 7.98. The van der Waals surface area contributed by atoms with Gasteiger partial charge in [0, 0.05) is 19.0 Å². The molecule has 27 heavy (non-hydrogen) atoms. The van der Waals surface area contributed by atoms with Crippen molar-refractivity contribution in [1.82, 2.24) is 4.90 Å². The van der Waals surface area contributed by atoms with Crippen LogP contribution in [0.3, 0.4) is 0 Å². The van der Waals surface area contributed by atoms with Crippen molar-refractivity contribution in [3.8, 4) is 0 Å². The third kappa shape index (κ3) is 6.08. The van der Waals surface area contributed by atoms with E-state index in [1.165, 1.54) is 0 Å². The highest BCUT2D eigenvalue weighted by atomic mass is 35.5. The largest absolute Gasteiger partial charge is 0.480 e. The first-order valence-corrected chi connectivity index (χ1v) is 9.88. The lowest BCUT2D eigenvalue weighted by molar-refractivity contribution is -0.148. The lowest BCUT2D eigenvalue weighted by Crippen LogP contribution is -2.59. The van der Waals surface area contributed by atoms with Gasteiger partial charge in [-0.05, 0) is 56.2 Å². The third-order valence-corrected chi connectivity index (χ3v) is 6.22. The second-order valence-electron chi connectivity index (χ2n) is 7.69. The predicted octanol–water partition coefficient (Wildman–Crippen LogP) is 2.49. The summed E-state index contributed by atoms with van der Waals surface area (Å²) in [6.45, 7) is 1.17. The minimum atomic E-state index is -1.36. The maximum absolute atomic E-state index is 11.9. The van der Waals surface area contributed by atoms with Gasteiger partial charge >= 0.3 is 13.1 Å². The maximum Gasteiger partial charge on any atom is 0.451 e. The van der Waals surface area contributed by atoms with Gasteiger partial charge in [-0.15, -0.1) is 0 Å². The molecule has 1 aliphatic rings. The number of hydrogen-bond acceptors (Lipinski definition) is 5. The molecule has 0 amide bonds. The molecule has 2 rings (SSSR count). The van der Waals surface area contributed by atoms with Gasteiger partial charge in [0.2, 0.25) is 0 Å². The number of rotatable bonds is 8. The van der Waals surface area contributed by atoms with Crippen molar-refractivity contribution >= 4 is 36.3 Å². The summed E-state index contributed by atoms with van der Waals surface area (Å²) < 4.78 is 0. The Balaban J connectivity index is 2.00. The molecule has 0 aromatic heterocycles. The fourth-order valence-electron chi connectivity index (χ4n) is 3.98. The van der Waals surface area contributed by atoms with Gasteiger partial charge in [-0.25, -0.2) is 0 Å². The standard InChI is InChI=1S/C18H27BCl2N2O4/c1-23(10-13-3-5-15(20)16(21)8-13)11-14-4-2-12(6-7-19(26)27)9-18(14,22)17(24)25/h3,5,8,12,14,26-27H,2,4,6-7,9-11,22H2,1H3,(H,24,25)/t12?,14?,18-/m1/s1. The van der Waals surface area contributed by atoms with Crippen LogP contribution in [0.5, 0.6) is 0 Å². The summed E-state index contributed by atoms with van der Waals surface area (Å²) in [5.41, 5.74) is 6.02. The van der Waals surface area contributed by atoms with E-state index in [2.05, 4.69) is 0 Å². The van der Waals surface area contributed by atoms with Gasteiger partial charge in [0.25, 0.3) is 0 Å². The second-order valence-corrected chi connectivity index (χ2v) is 8.51. The highest BCUT2D eigenvalue weighted by molar-refractivity contribution is 6.42. The SMILES string of the molecule is CN(Cc1ccc(Cl)c(Cl)c1)CC1CCC(CCB(O)O)C[C@]1(N)C(=O)O. The van der Waals surface area contributed by atoms with E-state index in [9.17, 15) is 9.90 Å². The summed E-state index contributed by atoms with van der Waals surface area (Å²) in [6.07, 6.45) is 2.68. The number of carbonyl (C=O) groups is 1. The first-order valence-electron chi connectivity index (χ1n) is 9.12. The van der Waals surface area contributed by atoms with Crippen molar-refractivity contribution in [2.45, 2.75) is 44.1 Å². The molecule has 0 radical (unpaired) electrons. The summed E-state index contributed by atoms with van der Waals surface area (Å²) in [4.78, 5) is 14.0. The minimum Gasteiger partial charge on any atom is -0.480 e. The van der Waals surface area contributed by atoms with Gasteiger partial charge in [0.1, 0.15) is 5.54 Å². The fraction of sp³-hybridized carbons (Fsp3) is 0.611. The summed E-state index contributed by atoms with van der Waals surface area (Å²) in [6, 6.07) is 5.46. The Morgan fingerprint density at radius 2 is 2.04 bits per heavy atom. The van der Waals surface area contributed by atoms with Crippen LogP contribution in [0.2, 0.25) is 16.4 Å². The van der Waals surface area contributed by atoms with Crippen LogP contribution in [0.15, 0.2) is 18.2 Å². The number of benzene rings is 1. The predicted molar refractivity (Wildman–Crippen MR) is 108 cm³/mol. The molecule has 0 aliphatic heterocycles. The number of carboxylic acid groups (broad SMARTS) is 1. The van der Waals surface area contributed by atoms with Gasteiger partial charge < -0.3 is 25.8 Å². The summed E-state index contributed by atoms with van der Waals surface area (Å²) in [5.74, 6) is -1.09. The zero-order valence-electron chi connectivity index (χ0n) is 15.4. The minimum absolute atomic E-state index is 0.0875. The second kappa shape index (κ2) is 9.59. The number of carboxylic acids is 1. The highest BCUT2D eigenvalue weighted by Gasteiger charge is 2.47. The Morgan fingerprint density at radius 3 is 2.63 bits per heavy atom. The summed E-state index contributed by atoms with van der Waals surface area (Å²) in [7, 11) is 0.566. The van der Waals surface area contributed by atoms with Crippen molar-refractivity contribution in [2.24, 2.45) is 17.6 Å². The topological polar surface area (TPSA) is 107 Å². The average Bonchev–Trinajstić information content (AvgIpc) is 2.58. The third-order valence-electron chi connectivity index (χ3n) is 5.48. The molecule has 1 fully saturated rings. The maximum atomic E-state index is 11.9. The van der Waals surface area contributed by atoms with Crippen LogP contribution in [-0.4, -0.2) is 52.3 Å². The van der Waals surface area contributed by atoms with Crippen LogP contribution in [-0.2, 0) is 11.3 Å². The molecule has 9 heteroatoms. The van der Waals surface area contributed by atoms with Crippen LogP contribution < -0.4 is 5.73 Å². The van der Waals surface area contributed by atoms with Crippen LogP contribution >= 0.6 is 23.2 Å². The molecule has 0 spiro atoms. The van der Waals surface area contributed by atoms with Gasteiger partial charge in [-0.1, -0.05) is 35.7 Å². The fourth-order valence-corrected chi connectivity index (χ4v) is 4.30. The van der Waals surface area contributed by atoms with Gasteiger partial charge in [-0.3, -0.25) is 4.79 Å². The van der Waals surface area contributed by atoms with Crippen molar-refractivity contribution in [3.63, 3.8) is 0 Å². The zero-order valence-corrected chi connectivity index (χ0v) is 17.0. The van der Waals surface area contributed by atoms with Crippen LogP contribution in [0.4, 0.5) is 0 Å². The molecule has 1 aromatic carbocycles. The Morgan fingerprint density at radius 1 is 1.33 bits per heavy atom. The van der Waals surface area contributed by atoms with Gasteiger partial charge in [0.05, 0.1) is 10.0 Å². The monoisotopic (exact) mass is 416 g/mol. The zero-order chi connectivity index (χ0) is 20.2. The molecule has 0 saturated heterocycles. The highest BCUT2D eigenvalue weighted by Crippen LogP contribution is 2.38. The normalized spacial score (nSPS) is 25.6. The quantitative estimate of drug-likeness (QED) is 0.485. The van der Waals surface area contributed by atoms with E-state index >= 15 is 0 Å². The molecule has 3 atom stereocenters. The van der Waals surface area contributed by atoms with Crippen molar-refractivity contribution in [3.05, 3.63) is 33.8 Å². The molecule has 150 valence electrons. The summed E-state index contributed by atoms with van der Waals surface area (Å²) >= 11 is 12.0. The Labute approximate surface area is 170 Å². The van der Waals surface area contributed by atoms with E-state index in [-0.39, 0.29) is 18.2 Å². The van der Waals surface area contributed by atoms with Gasteiger partial charge in [-0.2, -0.15) is 0 Å². The number of nitrogens with zero attached hydrogens (tertiary/aromatic N) is 1. The number of hydrogen-bond donors (Lipinski definition) is 4. The molecule has 0 bridgehead atoms. The lowest BCUT2D eigenvalue weighted by Gasteiger charge is -2.43. The van der Waals surface area contributed by atoms with Crippen LogP contribution in [0.1, 0.15) is 31.2 Å². The van der Waals surface area contributed by atoms with Crippen LogP contribution in [0, 0.1) is 11.8 Å². The van der Waals surface area contributed by atoms with E-state index in [1.807, 2.05) is 24.1 Å². The Bertz CT molecular complexity index is 664. The molecule has 5 N–H and O–H groups in total. The van der Waals surface area contributed by atoms with E-state index < -0.39 is 18.6 Å². The number of nitrogens with two attached hydrogens (primary N) is 1. The molecular formula is C18H27BCl2N2O4. The van der Waals surface area contributed by atoms with Gasteiger partial charge in [0.15, 0.2) is 0 Å². The van der Waals surface area contributed by atoms with E-state index in [0.717, 1.165) is 12.0 Å². The molecular weight excluding hydrogens is 390 g/mol. The lowest BCUT2D eigenvalue weighted by atomic mass is 9.66. The molecule has 0 heterocycles. The van der Waals surface area contributed by atoms with Crippen LogP contribution in [0.25, 0.3) is 0 Å². The Hall–Kier alpha value is -0.825.